The molecule has 0 unspecified atom stereocenters. The van der Waals surface area contributed by atoms with Crippen molar-refractivity contribution in [2.24, 2.45) is 0 Å². The predicted molar refractivity (Wildman–Crippen MR) is 100 cm³/mol. The predicted octanol–water partition coefficient (Wildman–Crippen LogP) is 3.39. The molecule has 2 aromatic carbocycles. The lowest BCUT2D eigenvalue weighted by Crippen LogP contribution is -2.28. The largest absolute Gasteiger partial charge is 0.497 e. The van der Waals surface area contributed by atoms with Crippen LogP contribution in [0.1, 0.15) is 23.2 Å². The van der Waals surface area contributed by atoms with Crippen LogP contribution >= 0.6 is 11.6 Å². The van der Waals surface area contributed by atoms with Crippen LogP contribution in [0.4, 0.5) is 5.69 Å². The Bertz CT molecular complexity index is 907. The van der Waals surface area contributed by atoms with Gasteiger partial charge in [-0.2, -0.15) is 4.31 Å². The average molecular weight is 395 g/mol. The van der Waals surface area contributed by atoms with E-state index in [-0.39, 0.29) is 15.5 Å². The smallest absolute Gasteiger partial charge is 0.257 e. The molecule has 1 fully saturated rings. The minimum absolute atomic E-state index is 0.0729. The number of methoxy groups -OCH3 is 1. The molecule has 1 amide bonds. The minimum Gasteiger partial charge on any atom is -0.497 e. The van der Waals surface area contributed by atoms with Gasteiger partial charge in [0.15, 0.2) is 0 Å². The van der Waals surface area contributed by atoms with E-state index < -0.39 is 15.9 Å². The van der Waals surface area contributed by atoms with Gasteiger partial charge in [0.05, 0.1) is 22.6 Å². The summed E-state index contributed by atoms with van der Waals surface area (Å²) in [4.78, 5) is 12.6. The molecule has 1 heterocycles. The van der Waals surface area contributed by atoms with Gasteiger partial charge in [0, 0.05) is 18.8 Å². The third-order valence-corrected chi connectivity index (χ3v) is 6.46. The zero-order valence-corrected chi connectivity index (χ0v) is 15.8. The third-order valence-electron chi connectivity index (χ3n) is 4.23. The van der Waals surface area contributed by atoms with E-state index >= 15 is 0 Å². The zero-order valence-electron chi connectivity index (χ0n) is 14.2. The van der Waals surface area contributed by atoms with Gasteiger partial charge in [0.1, 0.15) is 5.75 Å². The molecule has 1 aliphatic rings. The summed E-state index contributed by atoms with van der Waals surface area (Å²) in [5.74, 6) is 0.193. The van der Waals surface area contributed by atoms with Crippen molar-refractivity contribution >= 4 is 33.2 Å². The van der Waals surface area contributed by atoms with Crippen molar-refractivity contribution in [2.45, 2.75) is 17.7 Å². The highest BCUT2D eigenvalue weighted by atomic mass is 35.5. The highest BCUT2D eigenvalue weighted by molar-refractivity contribution is 7.89. The number of ether oxygens (including phenoxy) is 1. The number of hydrogen-bond acceptors (Lipinski definition) is 4. The standard InChI is InChI=1S/C18H19ClN2O4S/c1-25-14-6-4-13(5-7-14)20-18(22)16-12-15(8-9-17(16)19)26(23,24)21-10-2-3-11-21/h4-9,12H,2-3,10-11H2,1H3,(H,20,22). The Morgan fingerprint density at radius 1 is 1.12 bits per heavy atom. The van der Waals surface area contributed by atoms with Crippen LogP contribution in [0.3, 0.4) is 0 Å². The van der Waals surface area contributed by atoms with E-state index in [1.165, 1.54) is 22.5 Å². The average Bonchev–Trinajstić information content (AvgIpc) is 3.18. The molecule has 0 spiro atoms. The first kappa shape index (κ1) is 18.7. The second-order valence-corrected chi connectivity index (χ2v) is 8.28. The van der Waals surface area contributed by atoms with E-state index in [2.05, 4.69) is 5.32 Å². The van der Waals surface area contributed by atoms with Crippen LogP contribution in [0.25, 0.3) is 0 Å². The van der Waals surface area contributed by atoms with E-state index in [4.69, 9.17) is 16.3 Å². The fourth-order valence-electron chi connectivity index (χ4n) is 2.79. The van der Waals surface area contributed by atoms with Gasteiger partial charge in [0.2, 0.25) is 10.0 Å². The van der Waals surface area contributed by atoms with Gasteiger partial charge in [-0.25, -0.2) is 8.42 Å². The maximum atomic E-state index is 12.7. The Balaban J connectivity index is 1.85. The Labute approximate surface area is 157 Å². The molecule has 0 aliphatic carbocycles. The zero-order chi connectivity index (χ0) is 18.7. The molecule has 0 aromatic heterocycles. The first-order valence-corrected chi connectivity index (χ1v) is 9.99. The second-order valence-electron chi connectivity index (χ2n) is 5.94. The van der Waals surface area contributed by atoms with Crippen LogP contribution in [0.5, 0.6) is 5.75 Å². The van der Waals surface area contributed by atoms with Crippen molar-refractivity contribution in [3.8, 4) is 5.75 Å². The molecule has 3 rings (SSSR count). The summed E-state index contributed by atoms with van der Waals surface area (Å²) in [6, 6.07) is 11.0. The fraction of sp³-hybridized carbons (Fsp3) is 0.278. The molecule has 2 aromatic rings. The molecule has 0 saturated carbocycles. The molecule has 1 N–H and O–H groups in total. The summed E-state index contributed by atoms with van der Waals surface area (Å²) in [5, 5.41) is 2.90. The second kappa shape index (κ2) is 7.65. The number of carbonyl (C=O) groups is 1. The topological polar surface area (TPSA) is 75.7 Å². The molecule has 8 heteroatoms. The molecular weight excluding hydrogens is 376 g/mol. The summed E-state index contributed by atoms with van der Waals surface area (Å²) in [6.07, 6.45) is 1.69. The van der Waals surface area contributed by atoms with E-state index in [1.807, 2.05) is 0 Å². The van der Waals surface area contributed by atoms with E-state index in [9.17, 15) is 13.2 Å². The number of rotatable bonds is 5. The molecule has 6 nitrogen and oxygen atoms in total. The van der Waals surface area contributed by atoms with Crippen LogP contribution in [-0.2, 0) is 10.0 Å². The van der Waals surface area contributed by atoms with Gasteiger partial charge < -0.3 is 10.1 Å². The van der Waals surface area contributed by atoms with E-state index in [0.29, 0.717) is 24.5 Å². The molecular formula is C18H19ClN2O4S. The molecule has 138 valence electrons. The molecule has 0 radical (unpaired) electrons. The number of halogens is 1. The maximum absolute atomic E-state index is 12.7. The number of sulfonamides is 1. The lowest BCUT2D eigenvalue weighted by atomic mass is 10.2. The minimum atomic E-state index is -3.62. The van der Waals surface area contributed by atoms with Crippen molar-refractivity contribution in [3.05, 3.63) is 53.1 Å². The van der Waals surface area contributed by atoms with Gasteiger partial charge in [-0.1, -0.05) is 11.6 Å². The summed E-state index contributed by atoms with van der Waals surface area (Å²) in [7, 11) is -2.06. The number of amides is 1. The van der Waals surface area contributed by atoms with Crippen molar-refractivity contribution < 1.29 is 17.9 Å². The van der Waals surface area contributed by atoms with Gasteiger partial charge >= 0.3 is 0 Å². The highest BCUT2D eigenvalue weighted by Gasteiger charge is 2.28. The normalized spacial score (nSPS) is 15.0. The molecule has 1 aliphatic heterocycles. The Morgan fingerprint density at radius 2 is 1.77 bits per heavy atom. The number of anilines is 1. The van der Waals surface area contributed by atoms with E-state index in [1.54, 1.807) is 31.4 Å². The fourth-order valence-corrected chi connectivity index (χ4v) is 4.54. The van der Waals surface area contributed by atoms with Crippen molar-refractivity contribution in [3.63, 3.8) is 0 Å². The van der Waals surface area contributed by atoms with Crippen molar-refractivity contribution in [1.29, 1.82) is 0 Å². The molecule has 1 saturated heterocycles. The first-order valence-electron chi connectivity index (χ1n) is 8.17. The van der Waals surface area contributed by atoms with Gasteiger partial charge in [-0.05, 0) is 55.3 Å². The van der Waals surface area contributed by atoms with E-state index in [0.717, 1.165) is 12.8 Å². The lowest BCUT2D eigenvalue weighted by Gasteiger charge is -2.16. The maximum Gasteiger partial charge on any atom is 0.257 e. The van der Waals surface area contributed by atoms with Gasteiger partial charge in [0.25, 0.3) is 5.91 Å². The third kappa shape index (κ3) is 3.85. The molecule has 0 atom stereocenters. The van der Waals surface area contributed by atoms with Crippen molar-refractivity contribution in [1.82, 2.24) is 4.31 Å². The van der Waals surface area contributed by atoms with Crippen LogP contribution < -0.4 is 10.1 Å². The first-order chi connectivity index (χ1) is 12.4. The van der Waals surface area contributed by atoms with Gasteiger partial charge in [-0.3, -0.25) is 4.79 Å². The van der Waals surface area contributed by atoms with Crippen LogP contribution in [0.2, 0.25) is 5.02 Å². The van der Waals surface area contributed by atoms with Crippen molar-refractivity contribution in [2.75, 3.05) is 25.5 Å². The molecule has 26 heavy (non-hydrogen) atoms. The number of nitrogens with one attached hydrogen (secondary N) is 1. The molecule has 0 bridgehead atoms. The number of carbonyl (C=O) groups excluding carboxylic acids is 1. The number of benzene rings is 2. The van der Waals surface area contributed by atoms with Crippen LogP contribution in [0, 0.1) is 0 Å². The summed E-state index contributed by atoms with van der Waals surface area (Å²) in [6.45, 7) is 0.997. The number of nitrogens with zero attached hydrogens (tertiary/aromatic N) is 1. The summed E-state index contributed by atoms with van der Waals surface area (Å²) in [5.41, 5.74) is 0.669. The Hall–Kier alpha value is -2.09. The quantitative estimate of drug-likeness (QED) is 0.843. The highest BCUT2D eigenvalue weighted by Crippen LogP contribution is 2.26. The Morgan fingerprint density at radius 3 is 2.38 bits per heavy atom. The monoisotopic (exact) mass is 394 g/mol. The van der Waals surface area contributed by atoms with Crippen LogP contribution in [-0.4, -0.2) is 38.8 Å². The van der Waals surface area contributed by atoms with Gasteiger partial charge in [-0.15, -0.1) is 0 Å². The lowest BCUT2D eigenvalue weighted by molar-refractivity contribution is 0.102. The summed E-state index contributed by atoms with van der Waals surface area (Å²) >= 11 is 6.13. The van der Waals surface area contributed by atoms with Crippen LogP contribution in [0.15, 0.2) is 47.4 Å². The SMILES string of the molecule is COc1ccc(NC(=O)c2cc(S(=O)(=O)N3CCCC3)ccc2Cl)cc1. The Kier molecular flexibility index (Phi) is 5.50. The summed E-state index contributed by atoms with van der Waals surface area (Å²) < 4.78 is 31.9. The number of hydrogen-bond donors (Lipinski definition) is 1.